The highest BCUT2D eigenvalue weighted by Gasteiger charge is 2.22. The Kier molecular flexibility index (Phi) is 5.60. The molecule has 1 atom stereocenters. The fourth-order valence-electron chi connectivity index (χ4n) is 2.76. The maximum atomic E-state index is 5.47. The Morgan fingerprint density at radius 3 is 2.85 bits per heavy atom. The molecular weight excluding hydrogens is 246 g/mol. The Morgan fingerprint density at radius 2 is 2.10 bits per heavy atom. The minimum absolute atomic E-state index is 0.417. The fourth-order valence-corrected chi connectivity index (χ4v) is 2.76. The second kappa shape index (κ2) is 7.44. The third-order valence-electron chi connectivity index (χ3n) is 4.07. The zero-order valence-electron chi connectivity index (χ0n) is 12.6. The number of rotatable bonds is 3. The van der Waals surface area contributed by atoms with Gasteiger partial charge in [0.15, 0.2) is 0 Å². The van der Waals surface area contributed by atoms with Crippen molar-refractivity contribution in [3.05, 3.63) is 35.4 Å². The Morgan fingerprint density at radius 1 is 1.30 bits per heavy atom. The quantitative estimate of drug-likeness (QED) is 0.846. The summed E-state index contributed by atoms with van der Waals surface area (Å²) >= 11 is 0. The van der Waals surface area contributed by atoms with Crippen LogP contribution >= 0.6 is 0 Å². The average Bonchev–Trinajstić information content (AvgIpc) is 2.48. The van der Waals surface area contributed by atoms with E-state index in [0.29, 0.717) is 12.6 Å². The van der Waals surface area contributed by atoms with Crippen molar-refractivity contribution in [1.29, 1.82) is 0 Å². The smallest absolute Gasteiger partial charge is 0.0555 e. The first-order valence-electron chi connectivity index (χ1n) is 7.44. The van der Waals surface area contributed by atoms with Crippen molar-refractivity contribution in [1.82, 2.24) is 9.80 Å². The third kappa shape index (κ3) is 3.83. The highest BCUT2D eigenvalue weighted by Crippen LogP contribution is 2.16. The first-order chi connectivity index (χ1) is 9.74. The van der Waals surface area contributed by atoms with Crippen molar-refractivity contribution in [2.45, 2.75) is 25.9 Å². The van der Waals surface area contributed by atoms with Crippen molar-refractivity contribution in [2.75, 3.05) is 33.2 Å². The molecule has 0 bridgehead atoms. The molecule has 1 aliphatic heterocycles. The minimum atomic E-state index is 0.417. The van der Waals surface area contributed by atoms with Gasteiger partial charge in [0.2, 0.25) is 0 Å². The van der Waals surface area contributed by atoms with Crippen LogP contribution in [-0.4, -0.2) is 49.1 Å². The molecule has 108 valence electrons. The van der Waals surface area contributed by atoms with Crippen molar-refractivity contribution in [2.24, 2.45) is 5.73 Å². The van der Waals surface area contributed by atoms with Gasteiger partial charge in [-0.1, -0.05) is 37.0 Å². The highest BCUT2D eigenvalue weighted by molar-refractivity contribution is 5.41. The van der Waals surface area contributed by atoms with Crippen LogP contribution in [0.2, 0.25) is 0 Å². The summed E-state index contributed by atoms with van der Waals surface area (Å²) < 4.78 is 0. The van der Waals surface area contributed by atoms with Crippen LogP contribution in [0.5, 0.6) is 0 Å². The number of hydrogen-bond donors (Lipinski definition) is 1. The number of likely N-dealkylation sites (N-methyl/N-ethyl adjacent to an activating group) is 1. The average molecular weight is 271 g/mol. The molecule has 2 N–H and O–H groups in total. The van der Waals surface area contributed by atoms with Crippen LogP contribution in [0.15, 0.2) is 24.3 Å². The maximum Gasteiger partial charge on any atom is 0.0555 e. The van der Waals surface area contributed by atoms with Crippen LogP contribution in [0.4, 0.5) is 0 Å². The van der Waals surface area contributed by atoms with Crippen LogP contribution in [0.1, 0.15) is 24.5 Å². The summed E-state index contributed by atoms with van der Waals surface area (Å²) in [6, 6.07) is 9.08. The summed E-state index contributed by atoms with van der Waals surface area (Å²) in [5.41, 5.74) is 7.90. The van der Waals surface area contributed by atoms with E-state index in [1.165, 1.54) is 12.0 Å². The second-order valence-electron chi connectivity index (χ2n) is 5.44. The zero-order valence-corrected chi connectivity index (χ0v) is 12.6. The first kappa shape index (κ1) is 15.1. The second-order valence-corrected chi connectivity index (χ2v) is 5.44. The first-order valence-corrected chi connectivity index (χ1v) is 7.44. The SMILES string of the molecule is CCC1CN(Cc2ccccc2C#CCN)CCN1C. The third-order valence-corrected chi connectivity index (χ3v) is 4.07. The minimum Gasteiger partial charge on any atom is -0.320 e. The van der Waals surface area contributed by atoms with E-state index in [1.807, 2.05) is 6.07 Å². The standard InChI is InChI=1S/C17H25N3/c1-3-17-14-20(12-11-19(17)2)13-16-8-5-4-7-15(16)9-6-10-18/h4-5,7-8,17H,3,10-14,18H2,1-2H3. The van der Waals surface area contributed by atoms with E-state index in [1.54, 1.807) is 0 Å². The molecule has 3 heteroatoms. The van der Waals surface area contributed by atoms with Gasteiger partial charge in [-0.3, -0.25) is 4.90 Å². The van der Waals surface area contributed by atoms with Crippen molar-refractivity contribution in [3.63, 3.8) is 0 Å². The largest absolute Gasteiger partial charge is 0.320 e. The van der Waals surface area contributed by atoms with E-state index in [2.05, 4.69) is 53.8 Å². The normalized spacial score (nSPS) is 20.4. The topological polar surface area (TPSA) is 32.5 Å². The molecule has 1 saturated heterocycles. The molecule has 0 radical (unpaired) electrons. The van der Waals surface area contributed by atoms with E-state index in [4.69, 9.17) is 5.73 Å². The number of nitrogens with zero attached hydrogens (tertiary/aromatic N) is 2. The predicted molar refractivity (Wildman–Crippen MR) is 84.4 cm³/mol. The van der Waals surface area contributed by atoms with Gasteiger partial charge in [0.05, 0.1) is 6.54 Å². The molecule has 1 aromatic rings. The van der Waals surface area contributed by atoms with Gasteiger partial charge in [0, 0.05) is 37.8 Å². The molecule has 0 spiro atoms. The molecule has 0 aliphatic carbocycles. The van der Waals surface area contributed by atoms with Crippen LogP contribution < -0.4 is 5.73 Å². The zero-order chi connectivity index (χ0) is 14.4. The van der Waals surface area contributed by atoms with Crippen molar-refractivity contribution >= 4 is 0 Å². The summed E-state index contributed by atoms with van der Waals surface area (Å²) in [5, 5.41) is 0. The Labute approximate surface area is 122 Å². The molecule has 0 aromatic heterocycles. The van der Waals surface area contributed by atoms with Gasteiger partial charge in [0.1, 0.15) is 0 Å². The number of nitrogens with two attached hydrogens (primary N) is 1. The molecule has 3 nitrogen and oxygen atoms in total. The lowest BCUT2D eigenvalue weighted by Crippen LogP contribution is -2.50. The van der Waals surface area contributed by atoms with Gasteiger partial charge < -0.3 is 10.6 Å². The van der Waals surface area contributed by atoms with Gasteiger partial charge in [-0.25, -0.2) is 0 Å². The molecule has 20 heavy (non-hydrogen) atoms. The molecular formula is C17H25N3. The molecule has 1 aromatic carbocycles. The number of piperazine rings is 1. The summed E-state index contributed by atoms with van der Waals surface area (Å²) in [6.45, 7) is 7.10. The number of hydrogen-bond acceptors (Lipinski definition) is 3. The Balaban J connectivity index is 2.06. The van der Waals surface area contributed by atoms with Gasteiger partial charge in [-0.15, -0.1) is 0 Å². The van der Waals surface area contributed by atoms with Gasteiger partial charge in [0.25, 0.3) is 0 Å². The Hall–Kier alpha value is -1.34. The monoisotopic (exact) mass is 271 g/mol. The summed E-state index contributed by atoms with van der Waals surface area (Å²) in [5.74, 6) is 6.14. The van der Waals surface area contributed by atoms with E-state index in [9.17, 15) is 0 Å². The Bertz CT molecular complexity index is 486. The van der Waals surface area contributed by atoms with Crippen LogP contribution in [0.3, 0.4) is 0 Å². The van der Waals surface area contributed by atoms with Gasteiger partial charge in [-0.05, 0) is 25.1 Å². The van der Waals surface area contributed by atoms with Gasteiger partial charge in [-0.2, -0.15) is 0 Å². The molecule has 0 amide bonds. The van der Waals surface area contributed by atoms with E-state index >= 15 is 0 Å². The summed E-state index contributed by atoms with van der Waals surface area (Å²) in [4.78, 5) is 5.01. The van der Waals surface area contributed by atoms with E-state index in [-0.39, 0.29) is 0 Å². The predicted octanol–water partition coefficient (Wildman–Crippen LogP) is 1.52. The van der Waals surface area contributed by atoms with Crippen LogP contribution in [-0.2, 0) is 6.54 Å². The summed E-state index contributed by atoms with van der Waals surface area (Å²) in [7, 11) is 2.23. The lowest BCUT2D eigenvalue weighted by Gasteiger charge is -2.39. The molecule has 1 aliphatic rings. The lowest BCUT2D eigenvalue weighted by atomic mass is 10.1. The highest BCUT2D eigenvalue weighted by atomic mass is 15.3. The van der Waals surface area contributed by atoms with Crippen LogP contribution in [0, 0.1) is 11.8 Å². The van der Waals surface area contributed by atoms with Crippen molar-refractivity contribution in [3.8, 4) is 11.8 Å². The van der Waals surface area contributed by atoms with E-state index in [0.717, 1.165) is 31.7 Å². The molecule has 1 heterocycles. The molecule has 0 saturated carbocycles. The fraction of sp³-hybridized carbons (Fsp3) is 0.529. The van der Waals surface area contributed by atoms with Crippen molar-refractivity contribution < 1.29 is 0 Å². The van der Waals surface area contributed by atoms with E-state index < -0.39 is 0 Å². The lowest BCUT2D eigenvalue weighted by molar-refractivity contribution is 0.0883. The summed E-state index contributed by atoms with van der Waals surface area (Å²) in [6.07, 6.45) is 1.21. The molecule has 2 rings (SSSR count). The molecule has 1 unspecified atom stereocenters. The molecule has 1 fully saturated rings. The maximum absolute atomic E-state index is 5.47. The van der Waals surface area contributed by atoms with Crippen LogP contribution in [0.25, 0.3) is 0 Å². The number of benzene rings is 1. The van der Waals surface area contributed by atoms with Gasteiger partial charge >= 0.3 is 0 Å².